The van der Waals surface area contributed by atoms with E-state index in [-0.39, 0.29) is 18.2 Å². The number of amides is 2. The number of nitrogens with zero attached hydrogens (tertiary/aromatic N) is 4. The van der Waals surface area contributed by atoms with Crippen LogP contribution in [0.3, 0.4) is 0 Å². The molecule has 0 fully saturated rings. The van der Waals surface area contributed by atoms with Crippen LogP contribution in [0.4, 0.5) is 0 Å². The van der Waals surface area contributed by atoms with Gasteiger partial charge in [-0.2, -0.15) is 10.1 Å². The number of hydrogen-bond donors (Lipinski definition) is 2. The molecule has 0 unspecified atom stereocenters. The van der Waals surface area contributed by atoms with Crippen molar-refractivity contribution in [1.29, 1.82) is 0 Å². The molecule has 0 aliphatic carbocycles. The van der Waals surface area contributed by atoms with E-state index < -0.39 is 0 Å². The van der Waals surface area contributed by atoms with E-state index in [4.69, 9.17) is 0 Å². The lowest BCUT2D eigenvalue weighted by molar-refractivity contribution is -0.121. The van der Waals surface area contributed by atoms with E-state index in [9.17, 15) is 9.59 Å². The third kappa shape index (κ3) is 3.47. The van der Waals surface area contributed by atoms with Gasteiger partial charge in [0.25, 0.3) is 11.7 Å². The number of benzene rings is 1. The van der Waals surface area contributed by atoms with Crippen LogP contribution >= 0.6 is 0 Å². The van der Waals surface area contributed by atoms with Gasteiger partial charge in [0.2, 0.25) is 5.91 Å². The third-order valence-corrected chi connectivity index (χ3v) is 3.96. The first-order valence-electron chi connectivity index (χ1n) is 7.77. The Morgan fingerprint density at radius 1 is 1.08 bits per heavy atom. The van der Waals surface area contributed by atoms with Gasteiger partial charge < -0.3 is 0 Å². The minimum Gasteiger partial charge on any atom is -0.273 e. The van der Waals surface area contributed by atoms with Crippen LogP contribution in [0, 0.1) is 20.8 Å². The molecular formula is C17H18N6O2. The van der Waals surface area contributed by atoms with E-state index in [0.717, 1.165) is 16.8 Å². The minimum absolute atomic E-state index is 0.0780. The van der Waals surface area contributed by atoms with Crippen molar-refractivity contribution in [2.75, 3.05) is 0 Å². The summed E-state index contributed by atoms with van der Waals surface area (Å²) in [6.07, 6.45) is 1.50. The SMILES string of the molecule is Cc1ccc(C(=O)NNC(=O)Cc2c(C)nc3ncnn3c2C)cc1. The zero-order chi connectivity index (χ0) is 18.0. The highest BCUT2D eigenvalue weighted by molar-refractivity contribution is 5.95. The number of hydrogen-bond acceptors (Lipinski definition) is 5. The topological polar surface area (TPSA) is 101 Å². The minimum atomic E-state index is -0.369. The van der Waals surface area contributed by atoms with Crippen molar-refractivity contribution >= 4 is 17.6 Å². The molecule has 3 aromatic rings. The van der Waals surface area contributed by atoms with Gasteiger partial charge in [0.1, 0.15) is 6.33 Å². The maximum absolute atomic E-state index is 12.2. The molecule has 8 nitrogen and oxygen atoms in total. The Labute approximate surface area is 144 Å². The normalized spacial score (nSPS) is 10.7. The zero-order valence-electron chi connectivity index (χ0n) is 14.2. The highest BCUT2D eigenvalue weighted by Crippen LogP contribution is 2.13. The van der Waals surface area contributed by atoms with Crippen molar-refractivity contribution in [3.8, 4) is 0 Å². The molecular weight excluding hydrogens is 320 g/mol. The number of aromatic nitrogens is 4. The molecule has 0 radical (unpaired) electrons. The van der Waals surface area contributed by atoms with Crippen LogP contribution in [0.2, 0.25) is 0 Å². The van der Waals surface area contributed by atoms with Crippen LogP contribution in [0.15, 0.2) is 30.6 Å². The Balaban J connectivity index is 1.67. The number of hydrazine groups is 1. The predicted octanol–water partition coefficient (Wildman–Crippen LogP) is 1.05. The van der Waals surface area contributed by atoms with Crippen LogP contribution < -0.4 is 10.9 Å². The van der Waals surface area contributed by atoms with E-state index in [2.05, 4.69) is 25.9 Å². The standard InChI is InChI=1S/C17H18N6O2/c1-10-4-6-13(7-5-10)16(25)22-21-15(24)8-14-11(2)20-17-18-9-19-23(17)12(14)3/h4-7,9H,8H2,1-3H3,(H,21,24)(H,22,25). The average Bonchev–Trinajstić information content (AvgIpc) is 3.05. The Hall–Kier alpha value is -3.29. The van der Waals surface area contributed by atoms with Crippen LogP contribution in [0.25, 0.3) is 5.78 Å². The molecule has 3 rings (SSSR count). The number of fused-ring (bicyclic) bond motifs is 1. The maximum Gasteiger partial charge on any atom is 0.269 e. The molecule has 0 saturated carbocycles. The predicted molar refractivity (Wildman–Crippen MR) is 90.7 cm³/mol. The second-order valence-corrected chi connectivity index (χ2v) is 5.78. The second-order valence-electron chi connectivity index (χ2n) is 5.78. The molecule has 0 atom stereocenters. The molecule has 0 bridgehead atoms. The first-order chi connectivity index (χ1) is 12.0. The van der Waals surface area contributed by atoms with E-state index in [1.54, 1.807) is 16.6 Å². The zero-order valence-corrected chi connectivity index (χ0v) is 14.2. The molecule has 8 heteroatoms. The molecule has 2 heterocycles. The molecule has 0 saturated heterocycles. The van der Waals surface area contributed by atoms with Gasteiger partial charge in [-0.1, -0.05) is 17.7 Å². The van der Waals surface area contributed by atoms with E-state index in [0.29, 0.717) is 17.0 Å². The quantitative estimate of drug-likeness (QED) is 0.695. The van der Waals surface area contributed by atoms with Crippen LogP contribution in [-0.2, 0) is 11.2 Å². The van der Waals surface area contributed by atoms with Crippen molar-refractivity contribution in [3.05, 3.63) is 58.7 Å². The summed E-state index contributed by atoms with van der Waals surface area (Å²) in [6, 6.07) is 7.08. The highest BCUT2D eigenvalue weighted by atomic mass is 16.2. The van der Waals surface area contributed by atoms with Crippen molar-refractivity contribution in [2.45, 2.75) is 27.2 Å². The van der Waals surface area contributed by atoms with Crippen LogP contribution in [0.5, 0.6) is 0 Å². The van der Waals surface area contributed by atoms with Crippen molar-refractivity contribution in [3.63, 3.8) is 0 Å². The van der Waals surface area contributed by atoms with Gasteiger partial charge in [-0.3, -0.25) is 20.4 Å². The van der Waals surface area contributed by atoms with E-state index in [1.807, 2.05) is 32.9 Å². The van der Waals surface area contributed by atoms with Gasteiger partial charge in [-0.25, -0.2) is 9.50 Å². The summed E-state index contributed by atoms with van der Waals surface area (Å²) in [5, 5.41) is 4.09. The van der Waals surface area contributed by atoms with Crippen LogP contribution in [0.1, 0.15) is 32.9 Å². The highest BCUT2D eigenvalue weighted by Gasteiger charge is 2.15. The summed E-state index contributed by atoms with van der Waals surface area (Å²) in [6.45, 7) is 5.60. The Bertz CT molecular complexity index is 946. The molecule has 0 aliphatic rings. The Kier molecular flexibility index (Phi) is 4.42. The lowest BCUT2D eigenvalue weighted by Crippen LogP contribution is -2.42. The van der Waals surface area contributed by atoms with Gasteiger partial charge in [-0.05, 0) is 32.9 Å². The van der Waals surface area contributed by atoms with Gasteiger partial charge in [-0.15, -0.1) is 0 Å². The fourth-order valence-corrected chi connectivity index (χ4v) is 2.52. The lowest BCUT2D eigenvalue weighted by Gasteiger charge is -2.11. The summed E-state index contributed by atoms with van der Waals surface area (Å²) in [5.74, 6) is -0.216. The number of carbonyl (C=O) groups excluding carboxylic acids is 2. The molecule has 1 aromatic carbocycles. The largest absolute Gasteiger partial charge is 0.273 e. The summed E-state index contributed by atoms with van der Waals surface area (Å²) < 4.78 is 1.58. The molecule has 25 heavy (non-hydrogen) atoms. The molecule has 2 aromatic heterocycles. The van der Waals surface area contributed by atoms with Crippen molar-refractivity contribution in [2.24, 2.45) is 0 Å². The summed E-state index contributed by atoms with van der Waals surface area (Å²) in [7, 11) is 0. The summed E-state index contributed by atoms with van der Waals surface area (Å²) >= 11 is 0. The molecule has 2 amide bonds. The monoisotopic (exact) mass is 338 g/mol. The van der Waals surface area contributed by atoms with Gasteiger partial charge >= 0.3 is 0 Å². The first kappa shape index (κ1) is 16.6. The number of nitrogens with one attached hydrogen (secondary N) is 2. The van der Waals surface area contributed by atoms with Gasteiger partial charge in [0, 0.05) is 22.5 Å². The van der Waals surface area contributed by atoms with Crippen molar-refractivity contribution < 1.29 is 9.59 Å². The van der Waals surface area contributed by atoms with Gasteiger partial charge in [0.05, 0.1) is 6.42 Å². The molecule has 128 valence electrons. The Morgan fingerprint density at radius 3 is 2.52 bits per heavy atom. The first-order valence-corrected chi connectivity index (χ1v) is 7.77. The fraction of sp³-hybridized carbons (Fsp3) is 0.235. The van der Waals surface area contributed by atoms with Crippen LogP contribution in [-0.4, -0.2) is 31.4 Å². The number of carbonyl (C=O) groups is 2. The van der Waals surface area contributed by atoms with E-state index >= 15 is 0 Å². The second kappa shape index (κ2) is 6.68. The molecule has 0 aliphatic heterocycles. The number of aryl methyl sites for hydroxylation is 3. The van der Waals surface area contributed by atoms with Gasteiger partial charge in [0.15, 0.2) is 0 Å². The van der Waals surface area contributed by atoms with E-state index in [1.165, 1.54) is 6.33 Å². The smallest absolute Gasteiger partial charge is 0.269 e. The molecule has 2 N–H and O–H groups in total. The lowest BCUT2D eigenvalue weighted by atomic mass is 10.1. The maximum atomic E-state index is 12.2. The Morgan fingerprint density at radius 2 is 1.80 bits per heavy atom. The summed E-state index contributed by atoms with van der Waals surface area (Å²) in [5.41, 5.74) is 8.63. The fourth-order valence-electron chi connectivity index (χ4n) is 2.52. The van der Waals surface area contributed by atoms with Crippen molar-refractivity contribution in [1.82, 2.24) is 30.4 Å². The average molecular weight is 338 g/mol. The summed E-state index contributed by atoms with van der Waals surface area (Å²) in [4.78, 5) is 32.6. The number of rotatable bonds is 3. The third-order valence-electron chi connectivity index (χ3n) is 3.96. The molecule has 0 spiro atoms.